The number of ether oxygens (including phenoxy) is 2. The van der Waals surface area contributed by atoms with Gasteiger partial charge in [0, 0.05) is 11.1 Å². The van der Waals surface area contributed by atoms with Crippen molar-refractivity contribution in [2.24, 2.45) is 5.16 Å². The fourth-order valence-corrected chi connectivity index (χ4v) is 2.63. The molecule has 13 heteroatoms. The number of carbonyl (C=O) groups is 1. The van der Waals surface area contributed by atoms with Crippen LogP contribution in [0.4, 0.5) is 36.8 Å². The van der Waals surface area contributed by atoms with E-state index in [0.717, 1.165) is 19.3 Å². The number of amides is 1. The Morgan fingerprint density at radius 1 is 0.909 bits per heavy atom. The van der Waals surface area contributed by atoms with E-state index in [0.29, 0.717) is 17.7 Å². The molecule has 0 saturated carbocycles. The lowest BCUT2D eigenvalue weighted by molar-refractivity contribution is -0.143. The summed E-state index contributed by atoms with van der Waals surface area (Å²) in [4.78, 5) is 21.9. The van der Waals surface area contributed by atoms with Crippen LogP contribution in [0, 0.1) is 0 Å². The fraction of sp³-hybridized carbons (Fsp3) is 0.300. The summed E-state index contributed by atoms with van der Waals surface area (Å²) >= 11 is 0. The Morgan fingerprint density at radius 2 is 1.48 bits per heavy atom. The lowest BCUT2D eigenvalue weighted by Crippen LogP contribution is -2.30. The number of benzene rings is 2. The summed E-state index contributed by atoms with van der Waals surface area (Å²) in [5.41, 5.74) is -3.11. The third-order valence-corrected chi connectivity index (χ3v) is 4.13. The minimum absolute atomic E-state index is 0.0139. The van der Waals surface area contributed by atoms with Gasteiger partial charge in [-0.2, -0.15) is 31.4 Å². The zero-order chi connectivity index (χ0) is 24.8. The Labute approximate surface area is 184 Å². The monoisotopic (exact) mass is 480 g/mol. The molecule has 0 fully saturated rings. The summed E-state index contributed by atoms with van der Waals surface area (Å²) in [5, 5.41) is 4.34. The molecule has 0 atom stereocenters. The van der Waals surface area contributed by atoms with Gasteiger partial charge in [-0.3, -0.25) is 4.84 Å². The maximum absolute atomic E-state index is 13.1. The molecule has 2 rings (SSSR count). The number of hydroxylamine groups is 1. The summed E-state index contributed by atoms with van der Waals surface area (Å²) in [5.74, 6) is -0.624. The van der Waals surface area contributed by atoms with Gasteiger partial charge in [0.25, 0.3) is 5.90 Å². The third-order valence-electron chi connectivity index (χ3n) is 4.13. The van der Waals surface area contributed by atoms with Crippen molar-refractivity contribution in [2.75, 3.05) is 26.4 Å². The van der Waals surface area contributed by atoms with Gasteiger partial charge in [-0.05, 0) is 29.4 Å². The highest BCUT2D eigenvalue weighted by atomic mass is 19.4. The minimum Gasteiger partial charge on any atom is -0.479 e. The Morgan fingerprint density at radius 3 is 1.97 bits per heavy atom. The van der Waals surface area contributed by atoms with E-state index in [4.69, 9.17) is 14.4 Å². The van der Waals surface area contributed by atoms with Gasteiger partial charge in [0.15, 0.2) is 0 Å². The van der Waals surface area contributed by atoms with Crippen LogP contribution in [-0.4, -0.2) is 33.3 Å². The number of anilines is 1. The van der Waals surface area contributed by atoms with Crippen LogP contribution in [0.3, 0.4) is 0 Å². The minimum atomic E-state index is -5.04. The smallest absolute Gasteiger partial charge is 0.438 e. The first-order chi connectivity index (χ1) is 15.4. The molecule has 0 saturated heterocycles. The standard InChI is InChI=1S/C20H18F6N2O5/c1-30-17(13-8-14(19(21,22)23)10-15(9-13)20(24,25)26)27-33-11-12-6-4-5-7-16(12)28(32-3)18(29)31-2/h4-10H,11H2,1-3H3. The SMILES string of the molecule is COC(=O)N(OC)c1ccccc1CON=C(OC)c1cc(C(F)(F)F)cc(C(F)(F)F)c1. The van der Waals surface area contributed by atoms with Gasteiger partial charge in [0.2, 0.25) is 0 Å². The van der Waals surface area contributed by atoms with Gasteiger partial charge in [0.1, 0.15) is 6.61 Å². The quantitative estimate of drug-likeness (QED) is 0.240. The second-order valence-corrected chi connectivity index (χ2v) is 6.24. The number of oxime groups is 1. The van der Waals surface area contributed by atoms with Gasteiger partial charge in [-0.15, -0.1) is 0 Å². The van der Waals surface area contributed by atoms with Crippen molar-refractivity contribution in [1.29, 1.82) is 0 Å². The van der Waals surface area contributed by atoms with E-state index in [-0.39, 0.29) is 18.4 Å². The molecule has 0 aliphatic heterocycles. The molecule has 1 amide bonds. The predicted molar refractivity (Wildman–Crippen MR) is 103 cm³/mol. The van der Waals surface area contributed by atoms with Crippen LogP contribution in [0.15, 0.2) is 47.6 Å². The lowest BCUT2D eigenvalue weighted by Gasteiger charge is -2.20. The summed E-state index contributed by atoms with van der Waals surface area (Å²) in [7, 11) is 3.35. The van der Waals surface area contributed by atoms with Crippen molar-refractivity contribution in [3.63, 3.8) is 0 Å². The molecular formula is C20H18F6N2O5. The maximum atomic E-state index is 13.1. The maximum Gasteiger partial charge on any atom is 0.438 e. The van der Waals surface area contributed by atoms with Crippen LogP contribution in [0.5, 0.6) is 0 Å². The van der Waals surface area contributed by atoms with Crippen LogP contribution in [0.1, 0.15) is 22.3 Å². The number of methoxy groups -OCH3 is 2. The molecule has 0 bridgehead atoms. The zero-order valence-electron chi connectivity index (χ0n) is 17.5. The number of para-hydroxylation sites is 1. The van der Waals surface area contributed by atoms with Crippen molar-refractivity contribution < 1.29 is 50.3 Å². The van der Waals surface area contributed by atoms with Crippen molar-refractivity contribution in [3.8, 4) is 0 Å². The van der Waals surface area contributed by atoms with Gasteiger partial charge in [0.05, 0.1) is 38.1 Å². The van der Waals surface area contributed by atoms with Crippen LogP contribution < -0.4 is 5.06 Å². The molecule has 0 unspecified atom stereocenters. The van der Waals surface area contributed by atoms with Crippen molar-refractivity contribution in [3.05, 3.63) is 64.7 Å². The summed E-state index contributed by atoms with van der Waals surface area (Å²) in [6, 6.07) is 7.09. The van der Waals surface area contributed by atoms with Gasteiger partial charge < -0.3 is 14.3 Å². The van der Waals surface area contributed by atoms with Crippen molar-refractivity contribution >= 4 is 17.7 Å². The van der Waals surface area contributed by atoms with E-state index < -0.39 is 41.0 Å². The van der Waals surface area contributed by atoms with E-state index in [9.17, 15) is 31.1 Å². The highest BCUT2D eigenvalue weighted by Gasteiger charge is 2.37. The Hall–Kier alpha value is -3.48. The van der Waals surface area contributed by atoms with E-state index in [1.165, 1.54) is 19.2 Å². The molecule has 180 valence electrons. The molecule has 0 N–H and O–H groups in total. The molecular weight excluding hydrogens is 462 g/mol. The topological polar surface area (TPSA) is 69.6 Å². The molecule has 2 aromatic rings. The van der Waals surface area contributed by atoms with Crippen LogP contribution in [0.2, 0.25) is 0 Å². The van der Waals surface area contributed by atoms with Gasteiger partial charge >= 0.3 is 18.4 Å². The van der Waals surface area contributed by atoms with Crippen LogP contribution in [-0.2, 0) is 38.1 Å². The first kappa shape index (κ1) is 25.8. The van der Waals surface area contributed by atoms with Crippen molar-refractivity contribution in [2.45, 2.75) is 19.0 Å². The van der Waals surface area contributed by atoms with Gasteiger partial charge in [-0.25, -0.2) is 4.79 Å². The highest BCUT2D eigenvalue weighted by Crippen LogP contribution is 2.36. The number of rotatable bonds is 6. The second-order valence-electron chi connectivity index (χ2n) is 6.24. The van der Waals surface area contributed by atoms with E-state index in [2.05, 4.69) is 9.89 Å². The Balaban J connectivity index is 2.37. The number of halogens is 6. The highest BCUT2D eigenvalue weighted by molar-refractivity contribution is 5.94. The molecule has 0 aliphatic carbocycles. The number of hydrogen-bond donors (Lipinski definition) is 0. The Bertz CT molecular complexity index is 975. The average Bonchev–Trinajstić information content (AvgIpc) is 2.76. The largest absolute Gasteiger partial charge is 0.479 e. The molecule has 33 heavy (non-hydrogen) atoms. The molecule has 0 aliphatic rings. The summed E-state index contributed by atoms with van der Waals surface area (Å²) < 4.78 is 88.0. The summed E-state index contributed by atoms with van der Waals surface area (Å²) in [6.45, 7) is -0.342. The first-order valence-electron chi connectivity index (χ1n) is 8.96. The van der Waals surface area contributed by atoms with E-state index in [1.54, 1.807) is 12.1 Å². The Kier molecular flexibility index (Phi) is 8.14. The fourth-order valence-electron chi connectivity index (χ4n) is 2.63. The molecule has 0 radical (unpaired) electrons. The lowest BCUT2D eigenvalue weighted by atomic mass is 10.0. The normalized spacial score (nSPS) is 12.3. The third kappa shape index (κ3) is 6.51. The van der Waals surface area contributed by atoms with E-state index in [1.807, 2.05) is 0 Å². The number of nitrogens with zero attached hydrogens (tertiary/aromatic N) is 2. The van der Waals surface area contributed by atoms with Crippen LogP contribution in [0.25, 0.3) is 0 Å². The molecule has 0 aromatic heterocycles. The van der Waals surface area contributed by atoms with Crippen LogP contribution >= 0.6 is 0 Å². The number of alkyl halides is 6. The molecule has 7 nitrogen and oxygen atoms in total. The zero-order valence-corrected chi connectivity index (χ0v) is 17.5. The first-order valence-corrected chi connectivity index (χ1v) is 8.96. The van der Waals surface area contributed by atoms with Gasteiger partial charge in [-0.1, -0.05) is 18.2 Å². The van der Waals surface area contributed by atoms with E-state index >= 15 is 0 Å². The molecule has 2 aromatic carbocycles. The average molecular weight is 480 g/mol. The second kappa shape index (κ2) is 10.4. The summed E-state index contributed by atoms with van der Waals surface area (Å²) in [6.07, 6.45) is -10.9. The molecule has 0 heterocycles. The molecule has 0 spiro atoms. The number of hydrogen-bond acceptors (Lipinski definition) is 6. The van der Waals surface area contributed by atoms with Crippen molar-refractivity contribution in [1.82, 2.24) is 0 Å². The predicted octanol–water partition coefficient (Wildman–Crippen LogP) is 5.38. The number of carbonyl (C=O) groups excluding carboxylic acids is 1.